The molecule has 0 fully saturated rings. The predicted octanol–water partition coefficient (Wildman–Crippen LogP) is 7.57. The summed E-state index contributed by atoms with van der Waals surface area (Å²) in [6.07, 6.45) is 1.54. The van der Waals surface area contributed by atoms with Crippen LogP contribution in [-0.4, -0.2) is 37.7 Å². The van der Waals surface area contributed by atoms with Crippen LogP contribution in [0.3, 0.4) is 0 Å². The van der Waals surface area contributed by atoms with E-state index in [1.54, 1.807) is 65.6 Å². The van der Waals surface area contributed by atoms with Crippen molar-refractivity contribution in [3.05, 3.63) is 150 Å². The molecule has 0 spiro atoms. The minimum Gasteiger partial charge on any atom is -0.493 e. The van der Waals surface area contributed by atoms with Gasteiger partial charge in [0.15, 0.2) is 11.5 Å². The predicted molar refractivity (Wildman–Crippen MR) is 187 cm³/mol. The first-order valence-corrected chi connectivity index (χ1v) is 15.7. The summed E-state index contributed by atoms with van der Waals surface area (Å²) in [4.78, 5) is 42.6. The molecule has 0 bridgehead atoms. The fourth-order valence-corrected chi connectivity index (χ4v) is 5.51. The molecule has 5 rings (SSSR count). The lowest BCUT2D eigenvalue weighted by Gasteiger charge is -2.23. The van der Waals surface area contributed by atoms with E-state index in [0.29, 0.717) is 28.3 Å². The third-order valence-electron chi connectivity index (χ3n) is 7.01. The molecule has 0 unspecified atom stereocenters. The maximum atomic E-state index is 13.6. The maximum absolute atomic E-state index is 13.6. The third-order valence-corrected chi connectivity index (χ3v) is 8.01. The van der Waals surface area contributed by atoms with Crippen molar-refractivity contribution < 1.29 is 23.9 Å². The summed E-state index contributed by atoms with van der Waals surface area (Å²) < 4.78 is 10.9. The lowest BCUT2D eigenvalue weighted by atomic mass is 10.1. The number of amides is 3. The van der Waals surface area contributed by atoms with Gasteiger partial charge in [0.1, 0.15) is 5.70 Å². The number of methoxy groups -OCH3 is 2. The lowest BCUT2D eigenvalue weighted by Crippen LogP contribution is -2.30. The molecular formula is C38H33N3O5S. The topological polar surface area (TPSA) is 97.0 Å². The molecule has 0 aliphatic heterocycles. The molecule has 5 aromatic carbocycles. The third kappa shape index (κ3) is 8.47. The molecule has 0 radical (unpaired) electrons. The zero-order valence-electron chi connectivity index (χ0n) is 25.9. The van der Waals surface area contributed by atoms with Gasteiger partial charge in [-0.25, -0.2) is 0 Å². The highest BCUT2D eigenvalue weighted by atomic mass is 32.2. The van der Waals surface area contributed by atoms with Crippen molar-refractivity contribution in [3.8, 4) is 11.5 Å². The fourth-order valence-electron chi connectivity index (χ4n) is 4.76. The Morgan fingerprint density at radius 1 is 0.702 bits per heavy atom. The first kappa shape index (κ1) is 32.6. The van der Waals surface area contributed by atoms with E-state index in [-0.39, 0.29) is 17.4 Å². The number of anilines is 3. The van der Waals surface area contributed by atoms with Gasteiger partial charge in [0.05, 0.1) is 20.0 Å². The lowest BCUT2D eigenvalue weighted by molar-refractivity contribution is -0.115. The number of para-hydroxylation sites is 3. The highest BCUT2D eigenvalue weighted by molar-refractivity contribution is 8.00. The van der Waals surface area contributed by atoms with E-state index in [1.165, 1.54) is 26.0 Å². The Kier molecular flexibility index (Phi) is 11.1. The summed E-state index contributed by atoms with van der Waals surface area (Å²) >= 11 is 1.40. The summed E-state index contributed by atoms with van der Waals surface area (Å²) in [5.41, 5.74) is 3.05. The van der Waals surface area contributed by atoms with Gasteiger partial charge in [0.25, 0.3) is 11.8 Å². The Bertz CT molecular complexity index is 1810. The van der Waals surface area contributed by atoms with Gasteiger partial charge in [-0.2, -0.15) is 0 Å². The zero-order chi connectivity index (χ0) is 33.0. The summed E-state index contributed by atoms with van der Waals surface area (Å²) in [5.74, 6) is 0.0695. The van der Waals surface area contributed by atoms with Crippen LogP contribution in [0.2, 0.25) is 0 Å². The number of benzene rings is 5. The number of rotatable bonds is 12. The van der Waals surface area contributed by atoms with E-state index in [9.17, 15) is 14.4 Å². The van der Waals surface area contributed by atoms with Gasteiger partial charge >= 0.3 is 0 Å². The highest BCUT2D eigenvalue weighted by Gasteiger charge is 2.19. The average Bonchev–Trinajstić information content (AvgIpc) is 3.12. The van der Waals surface area contributed by atoms with Crippen molar-refractivity contribution in [2.75, 3.05) is 30.2 Å². The summed E-state index contributed by atoms with van der Waals surface area (Å²) in [6, 6.07) is 40.1. The van der Waals surface area contributed by atoms with Crippen molar-refractivity contribution in [1.29, 1.82) is 0 Å². The van der Waals surface area contributed by atoms with Gasteiger partial charge < -0.3 is 20.1 Å². The number of hydrogen-bond donors (Lipinski definition) is 2. The average molecular weight is 644 g/mol. The van der Waals surface area contributed by atoms with Gasteiger partial charge in [-0.05, 0) is 72.8 Å². The Balaban J connectivity index is 1.31. The Morgan fingerprint density at radius 2 is 1.30 bits per heavy atom. The monoisotopic (exact) mass is 643 g/mol. The number of carbonyl (C=O) groups is 3. The fraction of sp³-hybridized carbons (Fsp3) is 0.0789. The van der Waals surface area contributed by atoms with Crippen LogP contribution in [0.1, 0.15) is 15.9 Å². The van der Waals surface area contributed by atoms with Crippen molar-refractivity contribution in [2.24, 2.45) is 0 Å². The van der Waals surface area contributed by atoms with Gasteiger partial charge in [-0.15, -0.1) is 11.8 Å². The number of nitrogens with zero attached hydrogens (tertiary/aromatic N) is 1. The Labute approximate surface area is 278 Å². The smallest absolute Gasteiger partial charge is 0.272 e. The Hall–Kier alpha value is -5.80. The maximum Gasteiger partial charge on any atom is 0.272 e. The molecule has 2 N–H and O–H groups in total. The van der Waals surface area contributed by atoms with Gasteiger partial charge in [-0.3, -0.25) is 19.3 Å². The van der Waals surface area contributed by atoms with E-state index in [4.69, 9.17) is 9.47 Å². The first-order chi connectivity index (χ1) is 23.0. The second kappa shape index (κ2) is 16.0. The summed E-state index contributed by atoms with van der Waals surface area (Å²) in [6.45, 7) is 0. The van der Waals surface area contributed by atoms with Crippen LogP contribution in [0.4, 0.5) is 17.1 Å². The van der Waals surface area contributed by atoms with E-state index in [1.807, 2.05) is 78.9 Å². The molecular weight excluding hydrogens is 611 g/mol. The van der Waals surface area contributed by atoms with Gasteiger partial charge in [0.2, 0.25) is 5.91 Å². The number of hydrogen-bond acceptors (Lipinski definition) is 6. The van der Waals surface area contributed by atoms with Crippen molar-refractivity contribution in [2.45, 2.75) is 4.90 Å². The van der Waals surface area contributed by atoms with Crippen molar-refractivity contribution >= 4 is 52.6 Å². The van der Waals surface area contributed by atoms with Gasteiger partial charge in [-0.1, -0.05) is 66.7 Å². The van der Waals surface area contributed by atoms with E-state index < -0.39 is 11.8 Å². The second-order valence-corrected chi connectivity index (χ2v) is 11.2. The number of ether oxygens (including phenoxy) is 2. The first-order valence-electron chi connectivity index (χ1n) is 14.7. The number of thioether (sulfide) groups is 1. The van der Waals surface area contributed by atoms with Crippen LogP contribution < -0.4 is 25.0 Å². The summed E-state index contributed by atoms with van der Waals surface area (Å²) in [7, 11) is 3.03. The second-order valence-electron chi connectivity index (χ2n) is 10.1. The molecule has 5 aromatic rings. The van der Waals surface area contributed by atoms with E-state index >= 15 is 0 Å². The summed E-state index contributed by atoms with van der Waals surface area (Å²) in [5, 5.41) is 5.60. The molecule has 0 atom stereocenters. The van der Waals surface area contributed by atoms with Crippen LogP contribution in [0.5, 0.6) is 11.5 Å². The minimum atomic E-state index is -0.531. The van der Waals surface area contributed by atoms with Crippen LogP contribution in [0.15, 0.2) is 144 Å². The van der Waals surface area contributed by atoms with Crippen LogP contribution in [-0.2, 0) is 9.59 Å². The quantitative estimate of drug-likeness (QED) is 0.108. The molecule has 0 heterocycles. The molecule has 3 amide bonds. The zero-order valence-corrected chi connectivity index (χ0v) is 26.7. The van der Waals surface area contributed by atoms with Crippen LogP contribution in [0, 0.1) is 0 Å². The highest BCUT2D eigenvalue weighted by Crippen LogP contribution is 2.32. The minimum absolute atomic E-state index is 0.0105. The largest absolute Gasteiger partial charge is 0.493 e. The van der Waals surface area contributed by atoms with Crippen molar-refractivity contribution in [3.63, 3.8) is 0 Å². The molecule has 0 aromatic heterocycles. The molecule has 0 aliphatic rings. The molecule has 0 aliphatic carbocycles. The van der Waals surface area contributed by atoms with Crippen LogP contribution >= 0.6 is 11.8 Å². The number of nitrogens with one attached hydrogen (secondary N) is 2. The van der Waals surface area contributed by atoms with Crippen LogP contribution in [0.25, 0.3) is 6.08 Å². The van der Waals surface area contributed by atoms with E-state index in [0.717, 1.165) is 16.3 Å². The SMILES string of the molecule is COc1cccc(/C=C(\NC(=O)c2ccccc2)C(=O)Nc2ccc(SCC(=O)N(c3ccccc3)c3ccccc3)cc2)c1OC. The van der Waals surface area contributed by atoms with Crippen molar-refractivity contribution in [1.82, 2.24) is 5.32 Å². The number of carbonyl (C=O) groups excluding carboxylic acids is 3. The molecule has 236 valence electrons. The molecule has 47 heavy (non-hydrogen) atoms. The molecule has 9 heteroatoms. The normalized spacial score (nSPS) is 10.9. The van der Waals surface area contributed by atoms with Gasteiger partial charge in [0, 0.05) is 33.1 Å². The van der Waals surface area contributed by atoms with E-state index in [2.05, 4.69) is 10.6 Å². The molecule has 8 nitrogen and oxygen atoms in total. The standard InChI is InChI=1S/C38H33N3O5S/c1-45-34-20-12-15-28(36(34)46-2)25-33(40-37(43)27-13-6-3-7-14-27)38(44)39-29-21-23-32(24-22-29)47-26-35(42)41(30-16-8-4-9-17-30)31-18-10-5-11-19-31/h3-25H,26H2,1-2H3,(H,39,44)(H,40,43)/b33-25-. The molecule has 0 saturated heterocycles. The molecule has 0 saturated carbocycles. The Morgan fingerprint density at radius 3 is 1.87 bits per heavy atom.